The predicted molar refractivity (Wildman–Crippen MR) is 143 cm³/mol. The van der Waals surface area contributed by atoms with Gasteiger partial charge >= 0.3 is 0 Å². The van der Waals surface area contributed by atoms with Crippen LogP contribution in [0.4, 0.5) is 0 Å². The molecule has 0 radical (unpaired) electrons. The number of piperidine rings is 1. The van der Waals surface area contributed by atoms with Gasteiger partial charge in [-0.2, -0.15) is 0 Å². The highest BCUT2D eigenvalue weighted by Crippen LogP contribution is 2.35. The monoisotopic (exact) mass is 491 g/mol. The normalized spacial score (nSPS) is 21.0. The zero-order chi connectivity index (χ0) is 25.7. The molecule has 0 bridgehead atoms. The Hall–Kier alpha value is -2.86. The molecule has 2 unspecified atom stereocenters. The lowest BCUT2D eigenvalue weighted by Gasteiger charge is -2.52. The van der Waals surface area contributed by atoms with Crippen molar-refractivity contribution in [2.24, 2.45) is 11.8 Å². The number of nitrogens with zero attached hydrogens (tertiary/aromatic N) is 2. The lowest BCUT2D eigenvalue weighted by molar-refractivity contribution is -0.162. The number of ether oxygens (including phenoxy) is 1. The van der Waals surface area contributed by atoms with E-state index in [2.05, 4.69) is 50.0 Å². The van der Waals surface area contributed by atoms with Crippen LogP contribution in [0.2, 0.25) is 0 Å². The van der Waals surface area contributed by atoms with Crippen LogP contribution in [-0.4, -0.2) is 52.8 Å². The lowest BCUT2D eigenvalue weighted by Crippen LogP contribution is -2.73. The first-order valence-corrected chi connectivity index (χ1v) is 13.5. The molecule has 0 saturated carbocycles. The van der Waals surface area contributed by atoms with Gasteiger partial charge in [-0.1, -0.05) is 64.4 Å². The average Bonchev–Trinajstić information content (AvgIpc) is 2.87. The van der Waals surface area contributed by atoms with Gasteiger partial charge in [0.05, 0.1) is 0 Å². The summed E-state index contributed by atoms with van der Waals surface area (Å²) < 4.78 is 5.91. The molecular weight excluding hydrogens is 450 g/mol. The first kappa shape index (κ1) is 26.2. The smallest absolute Gasteiger partial charge is 0.246 e. The highest BCUT2D eigenvalue weighted by atomic mass is 16.5. The van der Waals surface area contributed by atoms with Crippen LogP contribution in [0.15, 0.2) is 54.6 Å². The molecule has 2 aliphatic heterocycles. The van der Waals surface area contributed by atoms with Crippen molar-refractivity contribution in [3.8, 4) is 11.5 Å². The molecule has 4 rings (SSSR count). The Morgan fingerprint density at radius 2 is 1.61 bits per heavy atom. The molecular formula is C30H41N3O3. The Morgan fingerprint density at radius 1 is 0.972 bits per heavy atom. The second kappa shape index (κ2) is 11.5. The van der Waals surface area contributed by atoms with Crippen molar-refractivity contribution in [3.05, 3.63) is 60.2 Å². The topological polar surface area (TPSA) is 61.9 Å². The minimum atomic E-state index is -0.724. The first-order chi connectivity index (χ1) is 17.3. The molecule has 6 nitrogen and oxygen atoms in total. The average molecular weight is 492 g/mol. The van der Waals surface area contributed by atoms with E-state index >= 15 is 0 Å². The molecule has 2 aromatic rings. The Bertz CT molecular complexity index is 1010. The second-order valence-corrected chi connectivity index (χ2v) is 11.0. The lowest BCUT2D eigenvalue weighted by atomic mass is 9.80. The van der Waals surface area contributed by atoms with Crippen LogP contribution in [0.5, 0.6) is 11.5 Å². The molecule has 1 N–H and O–H groups in total. The van der Waals surface area contributed by atoms with Crippen LogP contribution in [0.3, 0.4) is 0 Å². The third kappa shape index (κ3) is 5.92. The Morgan fingerprint density at radius 3 is 2.22 bits per heavy atom. The summed E-state index contributed by atoms with van der Waals surface area (Å²) >= 11 is 0. The Labute approximate surface area is 216 Å². The van der Waals surface area contributed by atoms with Gasteiger partial charge in [-0.3, -0.25) is 14.5 Å². The number of carbonyl (C=O) groups is 2. The molecule has 194 valence electrons. The summed E-state index contributed by atoms with van der Waals surface area (Å²) in [6, 6.07) is 17.6. The number of hydrogen-bond acceptors (Lipinski definition) is 4. The molecule has 0 aliphatic carbocycles. The van der Waals surface area contributed by atoms with Crippen molar-refractivity contribution in [1.29, 1.82) is 0 Å². The molecule has 2 heterocycles. The van der Waals surface area contributed by atoms with Crippen molar-refractivity contribution < 1.29 is 14.3 Å². The number of amides is 2. The number of hydrogen-bond donors (Lipinski definition) is 1. The molecule has 2 saturated heterocycles. The zero-order valence-corrected chi connectivity index (χ0v) is 22.2. The van der Waals surface area contributed by atoms with E-state index in [0.29, 0.717) is 37.6 Å². The quantitative estimate of drug-likeness (QED) is 0.522. The van der Waals surface area contributed by atoms with Crippen molar-refractivity contribution in [3.63, 3.8) is 0 Å². The van der Waals surface area contributed by atoms with Crippen LogP contribution in [0.1, 0.15) is 58.9 Å². The summed E-state index contributed by atoms with van der Waals surface area (Å²) in [6.45, 7) is 11.6. The maximum atomic E-state index is 13.6. The third-order valence-corrected chi connectivity index (χ3v) is 7.70. The van der Waals surface area contributed by atoms with Crippen LogP contribution in [-0.2, 0) is 16.1 Å². The van der Waals surface area contributed by atoms with E-state index in [1.807, 2.05) is 47.4 Å². The summed E-state index contributed by atoms with van der Waals surface area (Å²) in [5.74, 6) is 2.50. The molecule has 6 heteroatoms. The summed E-state index contributed by atoms with van der Waals surface area (Å²) in [4.78, 5) is 31.4. The van der Waals surface area contributed by atoms with Gasteiger partial charge in [0.2, 0.25) is 11.8 Å². The molecule has 0 aromatic heterocycles. The SMILES string of the molecule is CCC(C)CN1C(=O)C(CC(C)C)NC(=O)C12CCN(Cc1ccc(Oc3ccccc3)cc1)CC2. The van der Waals surface area contributed by atoms with Gasteiger partial charge in [-0.15, -0.1) is 0 Å². The fourth-order valence-corrected chi connectivity index (χ4v) is 5.34. The fraction of sp³-hybridized carbons (Fsp3) is 0.533. The van der Waals surface area contributed by atoms with Crippen molar-refractivity contribution in [1.82, 2.24) is 15.1 Å². The standard InChI is InChI=1S/C30H41N3O3/c1-5-23(4)20-33-28(34)27(19-22(2)3)31-29(35)30(33)15-17-32(18-16-30)21-24-11-13-26(14-12-24)36-25-9-7-6-8-10-25/h6-14,22-23,27H,5,15-21H2,1-4H3,(H,31,35). The third-order valence-electron chi connectivity index (χ3n) is 7.70. The Kier molecular flexibility index (Phi) is 8.35. The van der Waals surface area contributed by atoms with Gasteiger partial charge in [0.15, 0.2) is 0 Å². The number of benzene rings is 2. The number of piperazine rings is 1. The molecule has 1 spiro atoms. The summed E-state index contributed by atoms with van der Waals surface area (Å²) in [5, 5.41) is 3.11. The molecule has 2 fully saturated rings. The van der Waals surface area contributed by atoms with Gasteiger partial charge in [-0.05, 0) is 60.9 Å². The van der Waals surface area contributed by atoms with Gasteiger partial charge < -0.3 is 15.0 Å². The van der Waals surface area contributed by atoms with Gasteiger partial charge in [0.25, 0.3) is 0 Å². The zero-order valence-electron chi connectivity index (χ0n) is 22.2. The van der Waals surface area contributed by atoms with Gasteiger partial charge in [-0.25, -0.2) is 0 Å². The highest BCUT2D eigenvalue weighted by Gasteiger charge is 2.53. The van der Waals surface area contributed by atoms with E-state index in [4.69, 9.17) is 4.74 Å². The minimum Gasteiger partial charge on any atom is -0.457 e. The van der Waals surface area contributed by atoms with E-state index in [1.165, 1.54) is 5.56 Å². The number of carbonyl (C=O) groups excluding carboxylic acids is 2. The van der Waals surface area contributed by atoms with E-state index in [-0.39, 0.29) is 11.8 Å². The Balaban J connectivity index is 1.40. The number of nitrogens with one attached hydrogen (secondary N) is 1. The molecule has 2 atom stereocenters. The van der Waals surface area contributed by atoms with Crippen molar-refractivity contribution in [2.45, 2.75) is 71.5 Å². The summed E-state index contributed by atoms with van der Waals surface area (Å²) in [6.07, 6.45) is 3.02. The van der Waals surface area contributed by atoms with Crippen LogP contribution < -0.4 is 10.1 Å². The maximum absolute atomic E-state index is 13.6. The number of likely N-dealkylation sites (tertiary alicyclic amines) is 1. The van der Waals surface area contributed by atoms with Gasteiger partial charge in [0.1, 0.15) is 23.1 Å². The maximum Gasteiger partial charge on any atom is 0.246 e. The van der Waals surface area contributed by atoms with Crippen LogP contribution >= 0.6 is 0 Å². The molecule has 2 aromatic carbocycles. The highest BCUT2D eigenvalue weighted by molar-refractivity contribution is 6.00. The molecule has 2 amide bonds. The number of para-hydroxylation sites is 1. The van der Waals surface area contributed by atoms with Crippen molar-refractivity contribution >= 4 is 11.8 Å². The minimum absolute atomic E-state index is 0.0399. The largest absolute Gasteiger partial charge is 0.457 e. The predicted octanol–water partition coefficient (Wildman–Crippen LogP) is 5.23. The molecule has 36 heavy (non-hydrogen) atoms. The van der Waals surface area contributed by atoms with E-state index < -0.39 is 11.6 Å². The fourth-order valence-electron chi connectivity index (χ4n) is 5.34. The molecule has 2 aliphatic rings. The van der Waals surface area contributed by atoms with Gasteiger partial charge in [0, 0.05) is 26.2 Å². The summed E-state index contributed by atoms with van der Waals surface area (Å²) in [5.41, 5.74) is 0.488. The summed E-state index contributed by atoms with van der Waals surface area (Å²) in [7, 11) is 0. The van der Waals surface area contributed by atoms with E-state index in [9.17, 15) is 9.59 Å². The van der Waals surface area contributed by atoms with E-state index in [1.54, 1.807) is 0 Å². The van der Waals surface area contributed by atoms with E-state index in [0.717, 1.165) is 37.6 Å². The van der Waals surface area contributed by atoms with Crippen LogP contribution in [0.25, 0.3) is 0 Å². The number of rotatable bonds is 9. The first-order valence-electron chi connectivity index (χ1n) is 13.5. The second-order valence-electron chi connectivity index (χ2n) is 11.0. The van der Waals surface area contributed by atoms with Crippen LogP contribution in [0, 0.1) is 11.8 Å². The van der Waals surface area contributed by atoms with Crippen molar-refractivity contribution in [2.75, 3.05) is 19.6 Å².